The van der Waals surface area contributed by atoms with Crippen molar-refractivity contribution < 1.29 is 0 Å². The van der Waals surface area contributed by atoms with Crippen molar-refractivity contribution in [3.05, 3.63) is 59.5 Å². The summed E-state index contributed by atoms with van der Waals surface area (Å²) in [7, 11) is 0. The first-order valence-electron chi connectivity index (χ1n) is 8.14. The lowest BCUT2D eigenvalue weighted by atomic mass is 10.1. The first-order chi connectivity index (χ1) is 11.6. The molecule has 0 aliphatic carbocycles. The summed E-state index contributed by atoms with van der Waals surface area (Å²) in [4.78, 5) is 13.5. The SMILES string of the molecule is Cc1cnccc1C1=NC(c2ccc3c(cnn3C(C)C)c2)=NC1. The van der Waals surface area contributed by atoms with Crippen molar-refractivity contribution in [1.29, 1.82) is 0 Å². The number of aromatic nitrogens is 3. The van der Waals surface area contributed by atoms with Gasteiger partial charge in [0.25, 0.3) is 0 Å². The maximum Gasteiger partial charge on any atom is 0.155 e. The molecule has 0 radical (unpaired) electrons. The van der Waals surface area contributed by atoms with Gasteiger partial charge in [0.2, 0.25) is 0 Å². The Labute approximate surface area is 140 Å². The minimum Gasteiger partial charge on any atom is -0.264 e. The van der Waals surface area contributed by atoms with Crippen molar-refractivity contribution in [1.82, 2.24) is 14.8 Å². The average molecular weight is 317 g/mol. The van der Waals surface area contributed by atoms with E-state index < -0.39 is 0 Å². The molecule has 5 nitrogen and oxygen atoms in total. The molecule has 0 fully saturated rings. The molecule has 0 bridgehead atoms. The third kappa shape index (κ3) is 2.42. The predicted octanol–water partition coefficient (Wildman–Crippen LogP) is 3.57. The van der Waals surface area contributed by atoms with Crippen LogP contribution in [0.25, 0.3) is 10.9 Å². The number of aliphatic imine (C=N–C) groups is 2. The van der Waals surface area contributed by atoms with Gasteiger partial charge in [0.15, 0.2) is 5.84 Å². The molecule has 3 heterocycles. The van der Waals surface area contributed by atoms with Crippen molar-refractivity contribution >= 4 is 22.5 Å². The summed E-state index contributed by atoms with van der Waals surface area (Å²) in [5.41, 5.74) is 5.43. The molecule has 3 aromatic rings. The van der Waals surface area contributed by atoms with Gasteiger partial charge < -0.3 is 0 Å². The Morgan fingerprint density at radius 3 is 2.79 bits per heavy atom. The largest absolute Gasteiger partial charge is 0.264 e. The first-order valence-corrected chi connectivity index (χ1v) is 8.14. The summed E-state index contributed by atoms with van der Waals surface area (Å²) in [6, 6.07) is 8.64. The van der Waals surface area contributed by atoms with E-state index in [0.717, 1.165) is 39.1 Å². The van der Waals surface area contributed by atoms with Crippen LogP contribution in [0.2, 0.25) is 0 Å². The highest BCUT2D eigenvalue weighted by Gasteiger charge is 2.16. The Kier molecular flexibility index (Phi) is 3.49. The second kappa shape index (κ2) is 5.67. The van der Waals surface area contributed by atoms with E-state index in [1.165, 1.54) is 0 Å². The maximum atomic E-state index is 4.75. The number of fused-ring (bicyclic) bond motifs is 1. The number of rotatable bonds is 3. The average Bonchev–Trinajstić information content (AvgIpc) is 3.21. The lowest BCUT2D eigenvalue weighted by Gasteiger charge is -2.07. The molecule has 1 aliphatic rings. The summed E-state index contributed by atoms with van der Waals surface area (Å²) in [5.74, 6) is 0.792. The summed E-state index contributed by atoms with van der Waals surface area (Å²) in [6.45, 7) is 6.93. The summed E-state index contributed by atoms with van der Waals surface area (Å²) < 4.78 is 2.03. The van der Waals surface area contributed by atoms with Crippen LogP contribution in [0.1, 0.15) is 36.6 Å². The summed E-state index contributed by atoms with van der Waals surface area (Å²) in [6.07, 6.45) is 5.57. The zero-order chi connectivity index (χ0) is 16.7. The summed E-state index contributed by atoms with van der Waals surface area (Å²) in [5, 5.41) is 5.59. The molecule has 1 aromatic carbocycles. The minimum atomic E-state index is 0.344. The van der Waals surface area contributed by atoms with Crippen molar-refractivity contribution in [2.24, 2.45) is 9.98 Å². The second-order valence-corrected chi connectivity index (χ2v) is 6.35. The van der Waals surface area contributed by atoms with Crippen molar-refractivity contribution in [2.75, 3.05) is 6.54 Å². The van der Waals surface area contributed by atoms with Gasteiger partial charge in [-0.15, -0.1) is 0 Å². The van der Waals surface area contributed by atoms with E-state index in [9.17, 15) is 0 Å². The van der Waals surface area contributed by atoms with Crippen molar-refractivity contribution in [3.8, 4) is 0 Å². The van der Waals surface area contributed by atoms with Crippen LogP contribution in [0, 0.1) is 6.92 Å². The molecule has 120 valence electrons. The lowest BCUT2D eigenvalue weighted by molar-refractivity contribution is 0.551. The van der Waals surface area contributed by atoms with E-state index in [4.69, 9.17) is 4.99 Å². The van der Waals surface area contributed by atoms with E-state index in [1.54, 1.807) is 6.20 Å². The van der Waals surface area contributed by atoms with E-state index in [2.05, 4.69) is 54.0 Å². The standard InChI is InChI=1S/C19H19N5/c1-12(2)24-18-5-4-14(8-15(18)10-22-24)19-21-11-17(23-19)16-6-7-20-9-13(16)3/h4-10,12H,11H2,1-3H3. The fourth-order valence-corrected chi connectivity index (χ4v) is 3.05. The fraction of sp³-hybridized carbons (Fsp3) is 0.263. The van der Waals surface area contributed by atoms with Crippen molar-refractivity contribution in [3.63, 3.8) is 0 Å². The third-order valence-corrected chi connectivity index (χ3v) is 4.29. The monoisotopic (exact) mass is 317 g/mol. The summed E-state index contributed by atoms with van der Waals surface area (Å²) >= 11 is 0. The third-order valence-electron chi connectivity index (χ3n) is 4.29. The molecule has 0 atom stereocenters. The molecule has 0 amide bonds. The Morgan fingerprint density at radius 1 is 1.12 bits per heavy atom. The number of amidine groups is 1. The Bertz CT molecular complexity index is 978. The highest BCUT2D eigenvalue weighted by atomic mass is 15.3. The normalized spacial score (nSPS) is 14.3. The molecule has 0 unspecified atom stereocenters. The van der Waals surface area contributed by atoms with Crippen LogP contribution in [0.15, 0.2) is 52.8 Å². The fourth-order valence-electron chi connectivity index (χ4n) is 3.05. The zero-order valence-electron chi connectivity index (χ0n) is 14.1. The number of hydrogen-bond donors (Lipinski definition) is 0. The topological polar surface area (TPSA) is 55.4 Å². The molecule has 5 heteroatoms. The van der Waals surface area contributed by atoms with Crippen LogP contribution < -0.4 is 0 Å². The molecule has 2 aromatic heterocycles. The van der Waals surface area contributed by atoms with Gasteiger partial charge in [0.1, 0.15) is 0 Å². The second-order valence-electron chi connectivity index (χ2n) is 6.35. The van der Waals surface area contributed by atoms with Crippen LogP contribution >= 0.6 is 0 Å². The zero-order valence-corrected chi connectivity index (χ0v) is 14.1. The Hall–Kier alpha value is -2.82. The molecule has 4 rings (SSSR count). The van der Waals surface area contributed by atoms with Gasteiger partial charge in [0, 0.05) is 34.9 Å². The smallest absolute Gasteiger partial charge is 0.155 e. The number of pyridine rings is 1. The highest BCUT2D eigenvalue weighted by molar-refractivity contribution is 6.18. The number of benzene rings is 1. The molecule has 0 N–H and O–H groups in total. The lowest BCUT2D eigenvalue weighted by Crippen LogP contribution is -2.04. The van der Waals surface area contributed by atoms with Gasteiger partial charge in [-0.2, -0.15) is 5.10 Å². The van der Waals surface area contributed by atoms with E-state index in [0.29, 0.717) is 12.6 Å². The van der Waals surface area contributed by atoms with E-state index >= 15 is 0 Å². The number of aryl methyl sites for hydroxylation is 1. The molecular formula is C19H19N5. The van der Waals surface area contributed by atoms with Gasteiger partial charge >= 0.3 is 0 Å². The van der Waals surface area contributed by atoms with Gasteiger partial charge in [-0.3, -0.25) is 14.7 Å². The Balaban J connectivity index is 1.70. The van der Waals surface area contributed by atoms with Gasteiger partial charge in [0.05, 0.1) is 24.0 Å². The van der Waals surface area contributed by atoms with Crippen LogP contribution in [-0.4, -0.2) is 32.9 Å². The van der Waals surface area contributed by atoms with Gasteiger partial charge in [-0.1, -0.05) is 0 Å². The first kappa shape index (κ1) is 14.8. The molecule has 0 spiro atoms. The highest BCUT2D eigenvalue weighted by Crippen LogP contribution is 2.21. The Morgan fingerprint density at radius 2 is 2.00 bits per heavy atom. The van der Waals surface area contributed by atoms with Crippen LogP contribution in [-0.2, 0) is 0 Å². The quantitative estimate of drug-likeness (QED) is 0.741. The van der Waals surface area contributed by atoms with E-state index in [1.807, 2.05) is 23.1 Å². The molecule has 24 heavy (non-hydrogen) atoms. The van der Waals surface area contributed by atoms with Crippen LogP contribution in [0.3, 0.4) is 0 Å². The predicted molar refractivity (Wildman–Crippen MR) is 97.0 cm³/mol. The van der Waals surface area contributed by atoms with Gasteiger partial charge in [-0.25, -0.2) is 4.99 Å². The molecular weight excluding hydrogens is 298 g/mol. The number of hydrogen-bond acceptors (Lipinski definition) is 4. The molecule has 0 saturated heterocycles. The van der Waals surface area contributed by atoms with E-state index in [-0.39, 0.29) is 0 Å². The van der Waals surface area contributed by atoms with Crippen LogP contribution in [0.4, 0.5) is 0 Å². The molecule has 0 saturated carbocycles. The minimum absolute atomic E-state index is 0.344. The maximum absolute atomic E-state index is 4.75. The van der Waals surface area contributed by atoms with Gasteiger partial charge in [-0.05, 0) is 50.6 Å². The number of nitrogens with zero attached hydrogens (tertiary/aromatic N) is 5. The van der Waals surface area contributed by atoms with Crippen molar-refractivity contribution in [2.45, 2.75) is 26.8 Å². The molecule has 1 aliphatic heterocycles. The van der Waals surface area contributed by atoms with Crippen LogP contribution in [0.5, 0.6) is 0 Å².